The Labute approximate surface area is 271 Å². The molecule has 4 aromatic rings. The number of benzene rings is 2. The molecule has 2 amide bonds. The molecule has 1 aliphatic rings. The fourth-order valence-electron chi connectivity index (χ4n) is 6.13. The van der Waals surface area contributed by atoms with Gasteiger partial charge in [0.1, 0.15) is 6.04 Å². The van der Waals surface area contributed by atoms with Crippen molar-refractivity contribution in [2.24, 2.45) is 0 Å². The van der Waals surface area contributed by atoms with Crippen molar-refractivity contribution in [2.45, 2.75) is 38.3 Å². The van der Waals surface area contributed by atoms with Gasteiger partial charge in [-0.1, -0.05) is 24.3 Å². The Kier molecular flexibility index (Phi) is 9.98. The first-order valence-corrected chi connectivity index (χ1v) is 15.1. The fourth-order valence-corrected chi connectivity index (χ4v) is 6.13. The first kappa shape index (κ1) is 32.9. The summed E-state index contributed by atoms with van der Waals surface area (Å²) >= 11 is 0. The van der Waals surface area contributed by atoms with Crippen molar-refractivity contribution in [3.8, 4) is 28.4 Å². The maximum atomic E-state index is 13.6. The van der Waals surface area contributed by atoms with Gasteiger partial charge >= 0.3 is 5.97 Å². The zero-order valence-corrected chi connectivity index (χ0v) is 26.9. The second kappa shape index (κ2) is 14.3. The molecule has 0 aliphatic heterocycles. The Morgan fingerprint density at radius 1 is 0.979 bits per heavy atom. The summed E-state index contributed by atoms with van der Waals surface area (Å²) in [7, 11) is 5.85. The van der Waals surface area contributed by atoms with Gasteiger partial charge in [0, 0.05) is 36.0 Å². The van der Waals surface area contributed by atoms with Gasteiger partial charge in [-0.05, 0) is 59.4 Å². The van der Waals surface area contributed by atoms with Gasteiger partial charge in [-0.15, -0.1) is 0 Å². The van der Waals surface area contributed by atoms with Gasteiger partial charge in [0.25, 0.3) is 0 Å². The van der Waals surface area contributed by atoms with Crippen molar-refractivity contribution in [3.05, 3.63) is 81.6 Å². The highest BCUT2D eigenvalue weighted by atomic mass is 16.5. The lowest BCUT2D eigenvalue weighted by atomic mass is 9.95. The van der Waals surface area contributed by atoms with Crippen LogP contribution in [0, 0.1) is 0 Å². The van der Waals surface area contributed by atoms with Crippen LogP contribution >= 0.6 is 0 Å². The summed E-state index contributed by atoms with van der Waals surface area (Å²) in [5, 5.41) is 9.57. The Morgan fingerprint density at radius 2 is 1.74 bits per heavy atom. The molecule has 12 heteroatoms. The number of aromatic amines is 1. The van der Waals surface area contributed by atoms with Crippen LogP contribution in [0.1, 0.15) is 36.1 Å². The van der Waals surface area contributed by atoms with Crippen molar-refractivity contribution >= 4 is 34.4 Å². The third-order valence-corrected chi connectivity index (χ3v) is 8.28. The number of nitrogens with one attached hydrogen (secondary N) is 4. The molecular formula is C35H38N4O8. The molecule has 5 rings (SSSR count). The number of aromatic nitrogens is 1. The van der Waals surface area contributed by atoms with Gasteiger partial charge < -0.3 is 39.9 Å². The first-order valence-electron chi connectivity index (χ1n) is 15.1. The lowest BCUT2D eigenvalue weighted by molar-refractivity contribution is -0.144. The Morgan fingerprint density at radius 3 is 2.45 bits per heavy atom. The number of aryl methyl sites for hydroxylation is 1. The van der Waals surface area contributed by atoms with Crippen LogP contribution in [0.3, 0.4) is 0 Å². The molecule has 0 spiro atoms. The number of fused-ring (bicyclic) bond motifs is 4. The molecule has 246 valence electrons. The van der Waals surface area contributed by atoms with Gasteiger partial charge in [-0.2, -0.15) is 0 Å². The van der Waals surface area contributed by atoms with E-state index in [1.54, 1.807) is 25.4 Å². The molecular weight excluding hydrogens is 604 g/mol. The Bertz CT molecular complexity index is 1890. The quantitative estimate of drug-likeness (QED) is 0.179. The van der Waals surface area contributed by atoms with Gasteiger partial charge in [0.2, 0.25) is 23.0 Å². The number of hydrogen-bond donors (Lipinski definition) is 4. The van der Waals surface area contributed by atoms with Crippen LogP contribution in [0.25, 0.3) is 22.0 Å². The molecule has 12 nitrogen and oxygen atoms in total. The number of carbonyl (C=O) groups excluding carboxylic acids is 3. The van der Waals surface area contributed by atoms with Crippen molar-refractivity contribution in [3.63, 3.8) is 0 Å². The van der Waals surface area contributed by atoms with Crippen molar-refractivity contribution in [1.82, 2.24) is 15.6 Å². The SMILES string of the molecule is COC(=O)[C@H](Cc1c[nH]c2ccccc12)NC(=O)CNc1ccc2c(cc1=O)[C@@H](NC(C)=O)CCc1cc(OC)c(OC)c(OC)c1-2. The van der Waals surface area contributed by atoms with Crippen LogP contribution < -0.4 is 35.6 Å². The third-order valence-electron chi connectivity index (χ3n) is 8.28. The lowest BCUT2D eigenvalue weighted by Gasteiger charge is -2.19. The maximum absolute atomic E-state index is 13.6. The normalized spacial score (nSPS) is 14.1. The van der Waals surface area contributed by atoms with Gasteiger partial charge in [-0.25, -0.2) is 4.79 Å². The van der Waals surface area contributed by atoms with Crippen LogP contribution in [0.2, 0.25) is 0 Å². The highest BCUT2D eigenvalue weighted by Crippen LogP contribution is 2.50. The molecule has 2 atom stereocenters. The summed E-state index contributed by atoms with van der Waals surface area (Å²) in [5.41, 5.74) is 4.39. The van der Waals surface area contributed by atoms with E-state index < -0.39 is 24.0 Å². The molecule has 0 fully saturated rings. The maximum Gasteiger partial charge on any atom is 0.328 e. The Hall–Kier alpha value is -5.52. The van der Waals surface area contributed by atoms with E-state index in [0.29, 0.717) is 46.8 Å². The van der Waals surface area contributed by atoms with Crippen LogP contribution in [-0.2, 0) is 32.0 Å². The number of carbonyl (C=O) groups is 3. The number of methoxy groups -OCH3 is 4. The minimum atomic E-state index is -0.947. The minimum absolute atomic E-state index is 0.155. The number of rotatable bonds is 11. The predicted molar refractivity (Wildman–Crippen MR) is 177 cm³/mol. The minimum Gasteiger partial charge on any atom is -0.493 e. The Balaban J connectivity index is 1.45. The van der Waals surface area contributed by atoms with Crippen LogP contribution in [0.5, 0.6) is 17.2 Å². The highest BCUT2D eigenvalue weighted by molar-refractivity contribution is 5.89. The number of amides is 2. The van der Waals surface area contributed by atoms with Gasteiger partial charge in [0.15, 0.2) is 11.5 Å². The third kappa shape index (κ3) is 6.86. The molecule has 1 aromatic heterocycles. The molecule has 1 heterocycles. The van der Waals surface area contributed by atoms with Crippen molar-refractivity contribution in [1.29, 1.82) is 0 Å². The largest absolute Gasteiger partial charge is 0.493 e. The van der Waals surface area contributed by atoms with Gasteiger partial charge in [-0.3, -0.25) is 14.4 Å². The summed E-state index contributed by atoms with van der Waals surface area (Å²) < 4.78 is 22.0. The molecule has 0 saturated heterocycles. The average molecular weight is 643 g/mol. The highest BCUT2D eigenvalue weighted by Gasteiger charge is 2.30. The predicted octanol–water partition coefficient (Wildman–Crippen LogP) is 3.66. The van der Waals surface area contributed by atoms with E-state index in [9.17, 15) is 19.2 Å². The van der Waals surface area contributed by atoms with Crippen molar-refractivity contribution in [2.75, 3.05) is 40.3 Å². The van der Waals surface area contributed by atoms with Gasteiger partial charge in [0.05, 0.1) is 46.7 Å². The molecule has 0 unspecified atom stereocenters. The van der Waals surface area contributed by atoms with E-state index in [2.05, 4.69) is 20.9 Å². The molecule has 3 aromatic carbocycles. The van der Waals surface area contributed by atoms with E-state index in [0.717, 1.165) is 22.0 Å². The van der Waals surface area contributed by atoms with Crippen LogP contribution in [0.4, 0.5) is 5.69 Å². The molecule has 1 aliphatic carbocycles. The van der Waals surface area contributed by atoms with Crippen molar-refractivity contribution < 1.29 is 33.3 Å². The molecule has 0 bridgehead atoms. The number of anilines is 1. The second-order valence-electron chi connectivity index (χ2n) is 11.2. The molecule has 0 radical (unpaired) electrons. The number of esters is 1. The monoisotopic (exact) mass is 642 g/mol. The van der Waals surface area contributed by atoms with E-state index in [-0.39, 0.29) is 30.0 Å². The lowest BCUT2D eigenvalue weighted by Crippen LogP contribution is -2.45. The zero-order chi connectivity index (χ0) is 33.7. The topological polar surface area (TPSA) is 157 Å². The van der Waals surface area contributed by atoms with E-state index in [1.807, 2.05) is 30.3 Å². The fraction of sp³-hybridized carbons (Fsp3) is 0.314. The summed E-state index contributed by atoms with van der Waals surface area (Å²) in [4.78, 5) is 54.7. The summed E-state index contributed by atoms with van der Waals surface area (Å²) in [5.74, 6) is -0.0107. The summed E-state index contributed by atoms with van der Waals surface area (Å²) in [6.45, 7) is 1.14. The number of ether oxygens (including phenoxy) is 4. The van der Waals surface area contributed by atoms with E-state index in [1.165, 1.54) is 34.3 Å². The molecule has 0 saturated carbocycles. The standard InChI is InChI=1S/C35H38N4O8/c1-19(40)38-26-12-10-20-15-30(44-2)33(45-3)34(46-4)32(20)23-11-13-27(29(41)16-24(23)26)37-18-31(42)39-28(35(43)47-5)14-21-17-36-25-9-7-6-8-22(21)25/h6-9,11,13,15-17,26,28,36H,10,12,14,18H2,1-5H3,(H,37,41)(H,38,40)(H,39,42)/t26-,28-/m0/s1. The second-order valence-corrected chi connectivity index (χ2v) is 11.2. The zero-order valence-electron chi connectivity index (χ0n) is 26.9. The van der Waals surface area contributed by atoms with Crippen LogP contribution in [0.15, 0.2) is 59.5 Å². The van der Waals surface area contributed by atoms with E-state index >= 15 is 0 Å². The first-order chi connectivity index (χ1) is 22.7. The smallest absolute Gasteiger partial charge is 0.328 e. The number of para-hydroxylation sites is 1. The average Bonchev–Trinajstić information content (AvgIpc) is 3.33. The number of hydrogen-bond acceptors (Lipinski definition) is 9. The number of H-pyrrole nitrogens is 1. The molecule has 4 N–H and O–H groups in total. The van der Waals surface area contributed by atoms with E-state index in [4.69, 9.17) is 18.9 Å². The molecule has 47 heavy (non-hydrogen) atoms. The van der Waals surface area contributed by atoms with Crippen LogP contribution in [-0.4, -0.2) is 63.8 Å². The summed E-state index contributed by atoms with van der Waals surface area (Å²) in [6.07, 6.45) is 3.09. The summed E-state index contributed by atoms with van der Waals surface area (Å²) in [6, 6.07) is 12.9.